The number of likely N-dealkylation sites (N-methyl/N-ethyl adjacent to an activating group) is 1. The molecule has 0 aliphatic heterocycles. The van der Waals surface area contributed by atoms with Crippen LogP contribution >= 0.6 is 0 Å². The van der Waals surface area contributed by atoms with Crippen LogP contribution in [0.3, 0.4) is 0 Å². The Morgan fingerprint density at radius 3 is 2.26 bits per heavy atom. The molecule has 3 unspecified atom stereocenters. The zero-order chi connectivity index (χ0) is 32.5. The normalized spacial score (nSPS) is 15.4. The number of hydrogen-bond donors (Lipinski definition) is 0. The average Bonchev–Trinajstić information content (AvgIpc) is 3.25. The third-order valence-electron chi connectivity index (χ3n) is 9.25. The number of fused-ring (bicyclic) bond motifs is 2. The predicted octanol–water partition coefficient (Wildman–Crippen LogP) is 8.11. The van der Waals surface area contributed by atoms with Gasteiger partial charge in [0.05, 0.1) is 12.6 Å². The quantitative estimate of drug-likeness (QED) is 0.134. The van der Waals surface area contributed by atoms with Crippen molar-refractivity contribution in [1.82, 2.24) is 4.90 Å². The Kier molecular flexibility index (Phi) is 11.7. The number of carbonyl (C=O) groups is 1. The Morgan fingerprint density at radius 2 is 1.54 bits per heavy atom. The monoisotopic (exact) mass is 619 g/mol. The summed E-state index contributed by atoms with van der Waals surface area (Å²) in [4.78, 5) is 14.7. The highest BCUT2D eigenvalue weighted by Crippen LogP contribution is 2.38. The largest absolute Gasteiger partial charge is 0.492 e. The van der Waals surface area contributed by atoms with Gasteiger partial charge >= 0.3 is 5.97 Å². The summed E-state index contributed by atoms with van der Waals surface area (Å²) in [6.45, 7) is 10.4. The molecule has 0 fully saturated rings. The Balaban J connectivity index is 1.31. The molecule has 1 aliphatic carbocycles. The SMILES string of the molecule is CCOC(=O)C(Cc1ccc(OCCN(C)C2c3ccc(C(C)c4ccccc4)cc3CCc3ccc(CC)cc32)cc1)OCC. The van der Waals surface area contributed by atoms with E-state index in [1.54, 1.807) is 0 Å². The molecular formula is C41H49NO4. The fourth-order valence-corrected chi connectivity index (χ4v) is 6.59. The van der Waals surface area contributed by atoms with Crippen molar-refractivity contribution in [2.75, 3.05) is 33.4 Å². The molecule has 0 bridgehead atoms. The number of nitrogens with zero attached hydrogens (tertiary/aromatic N) is 1. The zero-order valence-electron chi connectivity index (χ0n) is 28.1. The molecule has 1 aliphatic rings. The van der Waals surface area contributed by atoms with Crippen molar-refractivity contribution in [1.29, 1.82) is 0 Å². The highest BCUT2D eigenvalue weighted by molar-refractivity contribution is 5.75. The molecule has 0 radical (unpaired) electrons. The summed E-state index contributed by atoms with van der Waals surface area (Å²) in [6, 6.07) is 33.1. The molecule has 4 aromatic rings. The Labute approximate surface area is 275 Å². The van der Waals surface area contributed by atoms with E-state index in [0.717, 1.165) is 37.1 Å². The molecule has 3 atom stereocenters. The summed E-state index contributed by atoms with van der Waals surface area (Å²) in [5.41, 5.74) is 10.8. The second-order valence-electron chi connectivity index (χ2n) is 12.3. The topological polar surface area (TPSA) is 48.0 Å². The standard InChI is InChI=1S/C41H49NO4/c1-6-30-14-17-33-18-19-35-28-34(29(4)32-12-10-9-11-13-32)20-23-37(35)40(38(33)26-30)42(5)24-25-46-36-21-15-31(16-22-36)27-39(44-7-2)41(43)45-8-3/h9-17,20-23,26,28-29,39-40H,6-8,18-19,24-25,27H2,1-5H3. The number of hydrogen-bond acceptors (Lipinski definition) is 5. The van der Waals surface area contributed by atoms with Crippen LogP contribution in [0.25, 0.3) is 0 Å². The van der Waals surface area contributed by atoms with E-state index < -0.39 is 6.10 Å². The second-order valence-corrected chi connectivity index (χ2v) is 12.3. The minimum absolute atomic E-state index is 0.157. The maximum absolute atomic E-state index is 12.3. The summed E-state index contributed by atoms with van der Waals surface area (Å²) in [7, 11) is 2.22. The predicted molar refractivity (Wildman–Crippen MR) is 186 cm³/mol. The number of ether oxygens (including phenoxy) is 3. The van der Waals surface area contributed by atoms with E-state index in [0.29, 0.717) is 32.2 Å². The third-order valence-corrected chi connectivity index (χ3v) is 9.25. The summed E-state index contributed by atoms with van der Waals surface area (Å²) in [6.07, 6.45) is 2.98. The van der Waals surface area contributed by atoms with Crippen LogP contribution in [0.2, 0.25) is 0 Å². The van der Waals surface area contributed by atoms with Crippen LogP contribution in [-0.4, -0.2) is 50.4 Å². The molecule has 242 valence electrons. The van der Waals surface area contributed by atoms with E-state index in [1.165, 1.54) is 38.9 Å². The fourth-order valence-electron chi connectivity index (χ4n) is 6.59. The first-order valence-electron chi connectivity index (χ1n) is 16.9. The van der Waals surface area contributed by atoms with E-state index in [2.05, 4.69) is 92.5 Å². The minimum atomic E-state index is -0.596. The highest BCUT2D eigenvalue weighted by atomic mass is 16.6. The van der Waals surface area contributed by atoms with Crippen LogP contribution in [0, 0.1) is 0 Å². The van der Waals surface area contributed by atoms with Gasteiger partial charge in [-0.3, -0.25) is 4.90 Å². The maximum Gasteiger partial charge on any atom is 0.335 e. The van der Waals surface area contributed by atoms with Crippen molar-refractivity contribution in [3.8, 4) is 5.75 Å². The molecule has 5 nitrogen and oxygen atoms in total. The summed E-state index contributed by atoms with van der Waals surface area (Å²) in [5, 5.41) is 0. The molecule has 0 saturated carbocycles. The molecule has 46 heavy (non-hydrogen) atoms. The van der Waals surface area contributed by atoms with Crippen LogP contribution in [0.4, 0.5) is 0 Å². The van der Waals surface area contributed by atoms with Gasteiger partial charge in [-0.25, -0.2) is 4.79 Å². The molecule has 0 aromatic heterocycles. The lowest BCUT2D eigenvalue weighted by molar-refractivity contribution is -0.156. The van der Waals surface area contributed by atoms with E-state index in [9.17, 15) is 4.79 Å². The number of aryl methyl sites for hydroxylation is 3. The number of benzene rings is 4. The number of rotatable bonds is 14. The molecular weight excluding hydrogens is 570 g/mol. The van der Waals surface area contributed by atoms with E-state index in [-0.39, 0.29) is 12.0 Å². The van der Waals surface area contributed by atoms with Crippen LogP contribution in [0.15, 0.2) is 91.0 Å². The van der Waals surface area contributed by atoms with Crippen LogP contribution in [-0.2, 0) is 40.0 Å². The lowest BCUT2D eigenvalue weighted by Crippen LogP contribution is -2.30. The summed E-state index contributed by atoms with van der Waals surface area (Å²) in [5.74, 6) is 0.841. The third kappa shape index (κ3) is 8.07. The van der Waals surface area contributed by atoms with Crippen molar-refractivity contribution in [2.24, 2.45) is 0 Å². The maximum atomic E-state index is 12.3. The van der Waals surface area contributed by atoms with Crippen LogP contribution in [0.1, 0.15) is 84.2 Å². The van der Waals surface area contributed by atoms with Gasteiger partial charge in [0.25, 0.3) is 0 Å². The van der Waals surface area contributed by atoms with Crippen molar-refractivity contribution in [2.45, 2.75) is 71.4 Å². The van der Waals surface area contributed by atoms with Gasteiger partial charge in [-0.05, 0) is 96.8 Å². The van der Waals surface area contributed by atoms with Crippen LogP contribution < -0.4 is 4.74 Å². The molecule has 0 amide bonds. The van der Waals surface area contributed by atoms with E-state index >= 15 is 0 Å². The van der Waals surface area contributed by atoms with Gasteiger partial charge in [-0.15, -0.1) is 0 Å². The van der Waals surface area contributed by atoms with Crippen molar-refractivity contribution < 1.29 is 19.0 Å². The van der Waals surface area contributed by atoms with Crippen molar-refractivity contribution in [3.63, 3.8) is 0 Å². The fraction of sp³-hybridized carbons (Fsp3) is 0.390. The van der Waals surface area contributed by atoms with Gasteiger partial charge in [0.1, 0.15) is 12.4 Å². The molecule has 5 heteroatoms. The molecule has 5 rings (SSSR count). The van der Waals surface area contributed by atoms with Gasteiger partial charge in [0.2, 0.25) is 0 Å². The zero-order valence-corrected chi connectivity index (χ0v) is 28.1. The Morgan fingerprint density at radius 1 is 0.804 bits per heavy atom. The smallest absolute Gasteiger partial charge is 0.335 e. The van der Waals surface area contributed by atoms with Gasteiger partial charge in [-0.1, -0.05) is 92.7 Å². The first-order valence-corrected chi connectivity index (χ1v) is 16.9. The van der Waals surface area contributed by atoms with Crippen molar-refractivity contribution in [3.05, 3.63) is 136 Å². The first-order chi connectivity index (χ1) is 22.4. The van der Waals surface area contributed by atoms with Gasteiger partial charge in [0, 0.05) is 25.5 Å². The Bertz CT molecular complexity index is 1570. The molecule has 4 aromatic carbocycles. The minimum Gasteiger partial charge on any atom is -0.492 e. The number of esters is 1. The summed E-state index contributed by atoms with van der Waals surface area (Å²) < 4.78 is 17.1. The molecule has 0 N–H and O–H groups in total. The van der Waals surface area contributed by atoms with E-state index in [4.69, 9.17) is 14.2 Å². The lowest BCUT2D eigenvalue weighted by Gasteiger charge is -2.31. The van der Waals surface area contributed by atoms with Gasteiger partial charge < -0.3 is 14.2 Å². The molecule has 0 saturated heterocycles. The number of carbonyl (C=O) groups excluding carboxylic acids is 1. The Hall–Kier alpha value is -3.93. The first kappa shape index (κ1) is 33.4. The van der Waals surface area contributed by atoms with Gasteiger partial charge in [-0.2, -0.15) is 0 Å². The van der Waals surface area contributed by atoms with Crippen molar-refractivity contribution >= 4 is 5.97 Å². The lowest BCUT2D eigenvalue weighted by atomic mass is 9.87. The average molecular weight is 620 g/mol. The van der Waals surface area contributed by atoms with Gasteiger partial charge in [0.15, 0.2) is 6.10 Å². The second kappa shape index (κ2) is 16.1. The van der Waals surface area contributed by atoms with Crippen LogP contribution in [0.5, 0.6) is 5.75 Å². The molecule has 0 spiro atoms. The molecule has 0 heterocycles. The van der Waals surface area contributed by atoms with E-state index in [1.807, 2.05) is 38.1 Å². The highest BCUT2D eigenvalue weighted by Gasteiger charge is 2.28. The summed E-state index contributed by atoms with van der Waals surface area (Å²) >= 11 is 0.